The second-order valence-corrected chi connectivity index (χ2v) is 5.70. The van der Waals surface area contributed by atoms with Gasteiger partial charge in [-0.25, -0.2) is 0 Å². The largest absolute Gasteiger partial charge is 0.497 e. The Morgan fingerprint density at radius 3 is 2.55 bits per heavy atom. The van der Waals surface area contributed by atoms with E-state index in [2.05, 4.69) is 17.5 Å². The number of fused-ring (bicyclic) bond motifs is 1. The summed E-state index contributed by atoms with van der Waals surface area (Å²) in [5.74, 6) is 2.33. The van der Waals surface area contributed by atoms with Crippen molar-refractivity contribution in [2.75, 3.05) is 12.4 Å². The van der Waals surface area contributed by atoms with Crippen molar-refractivity contribution < 1.29 is 9.53 Å². The molecule has 2 aliphatic carbocycles. The Balaban J connectivity index is 1.62. The molecule has 1 aromatic rings. The fourth-order valence-corrected chi connectivity index (χ4v) is 3.36. The number of amides is 1. The maximum absolute atomic E-state index is 12.4. The molecule has 0 heterocycles. The smallest absolute Gasteiger partial charge is 0.228 e. The Hall–Kier alpha value is -1.77. The lowest BCUT2D eigenvalue weighted by Gasteiger charge is -2.06. The lowest BCUT2D eigenvalue weighted by molar-refractivity contribution is -0.117. The van der Waals surface area contributed by atoms with Crippen LogP contribution in [0.4, 0.5) is 5.69 Å². The van der Waals surface area contributed by atoms with Crippen molar-refractivity contribution in [3.63, 3.8) is 0 Å². The zero-order chi connectivity index (χ0) is 13.9. The first kappa shape index (κ1) is 13.2. The van der Waals surface area contributed by atoms with Crippen LogP contribution in [0.5, 0.6) is 5.75 Å². The van der Waals surface area contributed by atoms with E-state index in [4.69, 9.17) is 4.74 Å². The second-order valence-electron chi connectivity index (χ2n) is 5.70. The van der Waals surface area contributed by atoms with E-state index in [1.165, 1.54) is 0 Å². The van der Waals surface area contributed by atoms with Crippen molar-refractivity contribution in [2.45, 2.75) is 25.7 Å². The molecule has 1 amide bonds. The van der Waals surface area contributed by atoms with Gasteiger partial charge < -0.3 is 10.1 Å². The highest BCUT2D eigenvalue weighted by molar-refractivity contribution is 5.95. The molecular formula is C17H21NO2. The molecule has 0 spiro atoms. The summed E-state index contributed by atoms with van der Waals surface area (Å²) in [6.07, 6.45) is 9.04. The molecule has 0 unspecified atom stereocenters. The molecule has 3 nitrogen and oxygen atoms in total. The summed E-state index contributed by atoms with van der Waals surface area (Å²) in [4.78, 5) is 12.4. The summed E-state index contributed by atoms with van der Waals surface area (Å²) in [6, 6.07) is 7.55. The van der Waals surface area contributed by atoms with Gasteiger partial charge in [-0.2, -0.15) is 0 Å². The minimum absolute atomic E-state index is 0.176. The van der Waals surface area contributed by atoms with E-state index in [-0.39, 0.29) is 11.8 Å². The molecule has 0 radical (unpaired) electrons. The van der Waals surface area contributed by atoms with Crippen molar-refractivity contribution in [1.82, 2.24) is 0 Å². The Morgan fingerprint density at radius 2 is 1.90 bits per heavy atom. The maximum atomic E-state index is 12.4. The Morgan fingerprint density at radius 1 is 1.20 bits per heavy atom. The number of methoxy groups -OCH3 is 1. The third-order valence-electron chi connectivity index (χ3n) is 4.47. The molecule has 1 fully saturated rings. The van der Waals surface area contributed by atoms with Crippen LogP contribution >= 0.6 is 0 Å². The molecule has 0 aliphatic heterocycles. The fourth-order valence-electron chi connectivity index (χ4n) is 3.36. The van der Waals surface area contributed by atoms with Gasteiger partial charge in [0.05, 0.1) is 7.11 Å². The van der Waals surface area contributed by atoms with Gasteiger partial charge >= 0.3 is 0 Å². The molecule has 0 saturated heterocycles. The van der Waals surface area contributed by atoms with Gasteiger partial charge in [0, 0.05) is 17.7 Å². The second kappa shape index (κ2) is 5.70. The quantitative estimate of drug-likeness (QED) is 0.853. The van der Waals surface area contributed by atoms with Crippen molar-refractivity contribution in [1.29, 1.82) is 0 Å². The monoisotopic (exact) mass is 271 g/mol. The lowest BCUT2D eigenvalue weighted by atomic mass is 10.1. The first-order valence-corrected chi connectivity index (χ1v) is 7.39. The first-order valence-electron chi connectivity index (χ1n) is 7.39. The normalized spacial score (nSPS) is 29.6. The number of rotatable bonds is 3. The molecule has 3 rings (SSSR count). The lowest BCUT2D eigenvalue weighted by Crippen LogP contribution is -2.15. The summed E-state index contributed by atoms with van der Waals surface area (Å²) in [5, 5.41) is 3.04. The summed E-state index contributed by atoms with van der Waals surface area (Å²) in [5.41, 5.74) is 0.826. The van der Waals surface area contributed by atoms with Gasteiger partial charge in [0.15, 0.2) is 0 Å². The van der Waals surface area contributed by atoms with E-state index in [1.54, 1.807) is 7.11 Å². The van der Waals surface area contributed by atoms with Crippen molar-refractivity contribution >= 4 is 11.6 Å². The maximum Gasteiger partial charge on any atom is 0.228 e. The van der Waals surface area contributed by atoms with Gasteiger partial charge in [-0.3, -0.25) is 4.79 Å². The standard InChI is InChI=1S/C17H21NO2/c1-20-13-8-6-7-12(11-13)18-17(19)16-14-9-4-2-3-5-10-15(14)16/h2-3,6-8,11,14-16H,4-5,9-10H2,1H3,(H,18,19)/b3-2+/t14-,15-/m0/s1. The first-order chi connectivity index (χ1) is 9.79. The zero-order valence-electron chi connectivity index (χ0n) is 11.8. The van der Waals surface area contributed by atoms with Crippen LogP contribution in [0.2, 0.25) is 0 Å². The van der Waals surface area contributed by atoms with Crippen molar-refractivity contribution in [3.8, 4) is 5.75 Å². The molecule has 20 heavy (non-hydrogen) atoms. The molecule has 2 aliphatic rings. The molecule has 0 aromatic heterocycles. The number of hydrogen-bond acceptors (Lipinski definition) is 2. The van der Waals surface area contributed by atoms with E-state index in [1.807, 2.05) is 24.3 Å². The minimum atomic E-state index is 0.176. The number of hydrogen-bond donors (Lipinski definition) is 1. The topological polar surface area (TPSA) is 38.3 Å². The molecule has 106 valence electrons. The number of anilines is 1. The van der Waals surface area contributed by atoms with Gasteiger partial charge in [0.2, 0.25) is 5.91 Å². The average molecular weight is 271 g/mol. The summed E-state index contributed by atoms with van der Waals surface area (Å²) >= 11 is 0. The fraction of sp³-hybridized carbons (Fsp3) is 0.471. The predicted octanol–water partition coefficient (Wildman–Crippen LogP) is 3.63. The molecule has 1 N–H and O–H groups in total. The number of benzene rings is 1. The highest BCUT2D eigenvalue weighted by atomic mass is 16.5. The van der Waals surface area contributed by atoms with Crippen LogP contribution in [0.25, 0.3) is 0 Å². The summed E-state index contributed by atoms with van der Waals surface area (Å²) in [6.45, 7) is 0. The number of nitrogens with one attached hydrogen (secondary N) is 1. The van der Waals surface area contributed by atoms with Crippen molar-refractivity contribution in [2.24, 2.45) is 17.8 Å². The predicted molar refractivity (Wildman–Crippen MR) is 79.7 cm³/mol. The molecular weight excluding hydrogens is 250 g/mol. The summed E-state index contributed by atoms with van der Waals surface area (Å²) < 4.78 is 5.18. The van der Waals surface area contributed by atoms with E-state index >= 15 is 0 Å². The molecule has 1 saturated carbocycles. The third-order valence-corrected chi connectivity index (χ3v) is 4.47. The van der Waals surface area contributed by atoms with Crippen LogP contribution in [0.15, 0.2) is 36.4 Å². The minimum Gasteiger partial charge on any atom is -0.497 e. The number of carbonyl (C=O) groups is 1. The van der Waals surface area contributed by atoms with Crippen LogP contribution in [0.3, 0.4) is 0 Å². The van der Waals surface area contributed by atoms with E-state index in [9.17, 15) is 4.79 Å². The van der Waals surface area contributed by atoms with Crippen LogP contribution in [0, 0.1) is 17.8 Å². The van der Waals surface area contributed by atoms with Gasteiger partial charge in [-0.15, -0.1) is 0 Å². The molecule has 0 bridgehead atoms. The number of carbonyl (C=O) groups excluding carboxylic acids is 1. The van der Waals surface area contributed by atoms with Gasteiger partial charge in [-0.1, -0.05) is 18.2 Å². The molecule has 2 atom stereocenters. The van der Waals surface area contributed by atoms with Crippen LogP contribution in [-0.4, -0.2) is 13.0 Å². The summed E-state index contributed by atoms with van der Waals surface area (Å²) in [7, 11) is 1.64. The van der Waals surface area contributed by atoms with Crippen LogP contribution in [0.1, 0.15) is 25.7 Å². The molecule has 3 heteroatoms. The Bertz CT molecular complexity index is 507. The van der Waals surface area contributed by atoms with Crippen LogP contribution < -0.4 is 10.1 Å². The third kappa shape index (κ3) is 2.72. The zero-order valence-corrected chi connectivity index (χ0v) is 11.8. The number of ether oxygens (including phenoxy) is 1. The Kier molecular flexibility index (Phi) is 3.77. The average Bonchev–Trinajstić information content (AvgIpc) is 3.10. The van der Waals surface area contributed by atoms with Gasteiger partial charge in [-0.05, 0) is 49.7 Å². The number of allylic oxidation sites excluding steroid dienone is 2. The highest BCUT2D eigenvalue weighted by Gasteiger charge is 2.53. The SMILES string of the molecule is COc1cccc(NC(=O)C2[C@H]3CC/C=C/CC[C@H]23)c1. The highest BCUT2D eigenvalue weighted by Crippen LogP contribution is 2.53. The van der Waals surface area contributed by atoms with Crippen LogP contribution in [-0.2, 0) is 4.79 Å². The van der Waals surface area contributed by atoms with E-state index < -0.39 is 0 Å². The van der Waals surface area contributed by atoms with E-state index in [0.29, 0.717) is 11.8 Å². The van der Waals surface area contributed by atoms with E-state index in [0.717, 1.165) is 37.1 Å². The molecule has 1 aromatic carbocycles. The Labute approximate surface area is 120 Å². The van der Waals surface area contributed by atoms with Gasteiger partial charge in [0.1, 0.15) is 5.75 Å². The van der Waals surface area contributed by atoms with Crippen molar-refractivity contribution in [3.05, 3.63) is 36.4 Å². The van der Waals surface area contributed by atoms with Gasteiger partial charge in [0.25, 0.3) is 0 Å².